The van der Waals surface area contributed by atoms with Crippen LogP contribution in [0.2, 0.25) is 0 Å². The Morgan fingerprint density at radius 1 is 1.32 bits per heavy atom. The number of rotatable bonds is 6. The molecule has 1 aromatic rings. The first-order chi connectivity index (χ1) is 13.4. The molecule has 1 aromatic carbocycles. The Bertz CT molecular complexity index is 673. The molecule has 0 aromatic heterocycles. The van der Waals surface area contributed by atoms with Crippen molar-refractivity contribution in [2.24, 2.45) is 10.4 Å². The maximum Gasteiger partial charge on any atom is 0.411 e. The molecule has 1 spiro atoms. The van der Waals surface area contributed by atoms with Gasteiger partial charge in [0, 0.05) is 31.7 Å². The summed E-state index contributed by atoms with van der Waals surface area (Å²) in [5.41, 5.74) is 1.91. The van der Waals surface area contributed by atoms with E-state index < -0.39 is 12.8 Å². The lowest BCUT2D eigenvalue weighted by Crippen LogP contribution is -2.41. The predicted octanol–water partition coefficient (Wildman–Crippen LogP) is 3.34. The number of ether oxygens (including phenoxy) is 2. The van der Waals surface area contributed by atoms with Crippen LogP contribution in [0.3, 0.4) is 0 Å². The van der Waals surface area contributed by atoms with E-state index in [4.69, 9.17) is 14.5 Å². The quantitative estimate of drug-likeness (QED) is 0.589. The summed E-state index contributed by atoms with van der Waals surface area (Å²) in [7, 11) is 0. The number of nitrogens with zero attached hydrogens (tertiary/aromatic N) is 2. The van der Waals surface area contributed by atoms with Gasteiger partial charge in [0.2, 0.25) is 0 Å². The van der Waals surface area contributed by atoms with Crippen LogP contribution in [0.15, 0.2) is 29.3 Å². The van der Waals surface area contributed by atoms with Crippen molar-refractivity contribution < 1.29 is 22.6 Å². The van der Waals surface area contributed by atoms with Crippen LogP contribution in [0.1, 0.15) is 30.9 Å². The standard InChI is InChI=1S/C20H28F3N3O2/c1-2-24-18(26-8-6-19(13-26)7-9-27-14-19)25-11-16-4-3-5-17(10-16)12-28-15-20(21,22)23/h3-5,10H,2,6-9,11-15H2,1H3,(H,24,25). The number of aliphatic imine (C=N–C) groups is 1. The average Bonchev–Trinajstić information content (AvgIpc) is 3.28. The van der Waals surface area contributed by atoms with E-state index in [1.54, 1.807) is 6.07 Å². The van der Waals surface area contributed by atoms with Gasteiger partial charge >= 0.3 is 6.18 Å². The van der Waals surface area contributed by atoms with Gasteiger partial charge in [-0.2, -0.15) is 13.2 Å². The smallest absolute Gasteiger partial charge is 0.381 e. The molecule has 0 radical (unpaired) electrons. The summed E-state index contributed by atoms with van der Waals surface area (Å²) in [4.78, 5) is 7.04. The highest BCUT2D eigenvalue weighted by molar-refractivity contribution is 5.80. The van der Waals surface area contributed by atoms with Crippen LogP contribution < -0.4 is 5.32 Å². The van der Waals surface area contributed by atoms with E-state index in [0.29, 0.717) is 12.1 Å². The number of benzene rings is 1. The van der Waals surface area contributed by atoms with E-state index >= 15 is 0 Å². The topological polar surface area (TPSA) is 46.1 Å². The molecule has 2 aliphatic heterocycles. The van der Waals surface area contributed by atoms with Crippen molar-refractivity contribution in [2.45, 2.75) is 39.1 Å². The van der Waals surface area contributed by atoms with Crippen LogP contribution in [0.5, 0.6) is 0 Å². The minimum Gasteiger partial charge on any atom is -0.381 e. The molecule has 2 saturated heterocycles. The third kappa shape index (κ3) is 5.85. The Balaban J connectivity index is 1.59. The lowest BCUT2D eigenvalue weighted by Gasteiger charge is -2.25. The number of halogens is 3. The second-order valence-electron chi connectivity index (χ2n) is 7.57. The van der Waals surface area contributed by atoms with Crippen molar-refractivity contribution in [3.8, 4) is 0 Å². The van der Waals surface area contributed by atoms with Gasteiger partial charge in [-0.25, -0.2) is 4.99 Å². The van der Waals surface area contributed by atoms with Crippen molar-refractivity contribution in [3.05, 3.63) is 35.4 Å². The lowest BCUT2D eigenvalue weighted by molar-refractivity contribution is -0.176. The first kappa shape index (κ1) is 20.9. The summed E-state index contributed by atoms with van der Waals surface area (Å²) in [5, 5.41) is 3.35. The zero-order valence-electron chi connectivity index (χ0n) is 16.2. The third-order valence-electron chi connectivity index (χ3n) is 5.19. The number of guanidine groups is 1. The normalized spacial score (nSPS) is 23.0. The number of hydrogen-bond acceptors (Lipinski definition) is 3. The fourth-order valence-electron chi connectivity index (χ4n) is 3.78. The van der Waals surface area contributed by atoms with Crippen molar-refractivity contribution in [1.29, 1.82) is 0 Å². The van der Waals surface area contributed by atoms with E-state index in [1.165, 1.54) is 0 Å². The van der Waals surface area contributed by atoms with Crippen LogP contribution in [-0.4, -0.2) is 56.5 Å². The maximum atomic E-state index is 12.2. The van der Waals surface area contributed by atoms with Crippen LogP contribution in [0.4, 0.5) is 13.2 Å². The predicted molar refractivity (Wildman–Crippen MR) is 101 cm³/mol. The average molecular weight is 399 g/mol. The molecule has 0 amide bonds. The molecule has 2 fully saturated rings. The maximum absolute atomic E-state index is 12.2. The molecular formula is C20H28F3N3O2. The van der Waals surface area contributed by atoms with Crippen molar-refractivity contribution in [1.82, 2.24) is 10.2 Å². The number of likely N-dealkylation sites (tertiary alicyclic amines) is 1. The zero-order chi connectivity index (χ0) is 20.0. The summed E-state index contributed by atoms with van der Waals surface area (Å²) < 4.78 is 47.0. The minimum atomic E-state index is -4.31. The van der Waals surface area contributed by atoms with E-state index in [-0.39, 0.29) is 12.0 Å². The third-order valence-corrected chi connectivity index (χ3v) is 5.19. The van der Waals surface area contributed by atoms with Gasteiger partial charge in [-0.05, 0) is 30.9 Å². The molecule has 2 heterocycles. The molecule has 1 N–H and O–H groups in total. The highest BCUT2D eigenvalue weighted by Gasteiger charge is 2.42. The zero-order valence-corrected chi connectivity index (χ0v) is 16.2. The molecule has 1 atom stereocenters. The van der Waals surface area contributed by atoms with Crippen LogP contribution >= 0.6 is 0 Å². The van der Waals surface area contributed by atoms with Crippen molar-refractivity contribution >= 4 is 5.96 Å². The summed E-state index contributed by atoms with van der Waals surface area (Å²) in [5.74, 6) is 0.880. The number of hydrogen-bond donors (Lipinski definition) is 1. The second-order valence-corrected chi connectivity index (χ2v) is 7.57. The highest BCUT2D eigenvalue weighted by atomic mass is 19.4. The van der Waals surface area contributed by atoms with Gasteiger partial charge < -0.3 is 19.7 Å². The molecular weight excluding hydrogens is 371 g/mol. The van der Waals surface area contributed by atoms with Gasteiger partial charge in [0.15, 0.2) is 5.96 Å². The Morgan fingerprint density at radius 2 is 2.14 bits per heavy atom. The lowest BCUT2D eigenvalue weighted by atomic mass is 9.87. The van der Waals surface area contributed by atoms with Crippen molar-refractivity contribution in [2.75, 3.05) is 39.5 Å². The highest BCUT2D eigenvalue weighted by Crippen LogP contribution is 2.38. The van der Waals surface area contributed by atoms with E-state index in [1.807, 2.05) is 25.1 Å². The number of nitrogens with one attached hydrogen (secondary N) is 1. The SMILES string of the molecule is CCNC(=NCc1cccc(COCC(F)(F)F)c1)N1CCC2(CCOC2)C1. The van der Waals surface area contributed by atoms with Gasteiger partial charge in [-0.1, -0.05) is 24.3 Å². The first-order valence-corrected chi connectivity index (χ1v) is 9.72. The fourth-order valence-corrected chi connectivity index (χ4v) is 3.78. The van der Waals surface area contributed by atoms with Crippen molar-refractivity contribution in [3.63, 3.8) is 0 Å². The minimum absolute atomic E-state index is 0.0637. The molecule has 0 aliphatic carbocycles. The van der Waals surface area contributed by atoms with Crippen LogP contribution in [0.25, 0.3) is 0 Å². The summed E-state index contributed by atoms with van der Waals surface area (Å²) >= 11 is 0. The molecule has 0 saturated carbocycles. The van der Waals surface area contributed by atoms with Gasteiger partial charge in [0.05, 0.1) is 19.8 Å². The molecule has 156 valence electrons. The van der Waals surface area contributed by atoms with E-state index in [2.05, 4.69) is 10.2 Å². The second kappa shape index (κ2) is 9.13. The van der Waals surface area contributed by atoms with Crippen LogP contribution in [0, 0.1) is 5.41 Å². The monoisotopic (exact) mass is 399 g/mol. The molecule has 2 aliphatic rings. The Kier molecular flexibility index (Phi) is 6.82. The Morgan fingerprint density at radius 3 is 2.86 bits per heavy atom. The molecule has 8 heteroatoms. The summed E-state index contributed by atoms with van der Waals surface area (Å²) in [6.07, 6.45) is -2.09. The molecule has 1 unspecified atom stereocenters. The molecule has 0 bridgehead atoms. The van der Waals surface area contributed by atoms with Gasteiger partial charge in [0.25, 0.3) is 0 Å². The summed E-state index contributed by atoms with van der Waals surface area (Å²) in [6, 6.07) is 7.36. The van der Waals surface area contributed by atoms with Gasteiger partial charge in [-0.15, -0.1) is 0 Å². The van der Waals surface area contributed by atoms with E-state index in [0.717, 1.165) is 57.2 Å². The molecule has 3 rings (SSSR count). The van der Waals surface area contributed by atoms with E-state index in [9.17, 15) is 13.2 Å². The van der Waals surface area contributed by atoms with Crippen LogP contribution in [-0.2, 0) is 22.6 Å². The molecule has 5 nitrogen and oxygen atoms in total. The fraction of sp³-hybridized carbons (Fsp3) is 0.650. The Labute approximate surface area is 163 Å². The Hall–Kier alpha value is -1.80. The first-order valence-electron chi connectivity index (χ1n) is 9.72. The van der Waals surface area contributed by atoms with Gasteiger partial charge in [0.1, 0.15) is 6.61 Å². The number of alkyl halides is 3. The molecule has 28 heavy (non-hydrogen) atoms. The largest absolute Gasteiger partial charge is 0.411 e. The summed E-state index contributed by atoms with van der Waals surface area (Å²) in [6.45, 7) is 5.56. The van der Waals surface area contributed by atoms with Gasteiger partial charge in [-0.3, -0.25) is 0 Å².